The zero-order chi connectivity index (χ0) is 21.5. The largest absolute Gasteiger partial charge is 0.466 e. The number of thiazole rings is 1. The molecule has 3 heterocycles. The van der Waals surface area contributed by atoms with Crippen molar-refractivity contribution in [2.24, 2.45) is 4.99 Å². The predicted octanol–water partition coefficient (Wildman–Crippen LogP) is 2.14. The SMILES string of the molecule is COC(=O)C1=C(C)N=c2s/c(=C/c3ccc4c(c3)OCO4)c(=O)n2[C@@H]1c1ccccc1. The molecular formula is C23H18N2O5S. The lowest BCUT2D eigenvalue weighted by Crippen LogP contribution is -2.39. The molecule has 2 aliphatic rings. The van der Waals surface area contributed by atoms with Gasteiger partial charge in [0, 0.05) is 0 Å². The number of ether oxygens (including phenoxy) is 3. The fraction of sp³-hybridized carbons (Fsp3) is 0.174. The molecule has 156 valence electrons. The summed E-state index contributed by atoms with van der Waals surface area (Å²) >= 11 is 1.28. The highest BCUT2D eigenvalue weighted by atomic mass is 32.1. The zero-order valence-corrected chi connectivity index (χ0v) is 17.6. The van der Waals surface area contributed by atoms with E-state index < -0.39 is 12.0 Å². The van der Waals surface area contributed by atoms with Crippen molar-refractivity contribution in [1.82, 2.24) is 4.57 Å². The first-order chi connectivity index (χ1) is 15.1. The molecule has 1 atom stereocenters. The Labute approximate surface area is 181 Å². The standard InChI is InChI=1S/C23H18N2O5S/c1-13-19(22(27)28-2)20(15-6-4-3-5-7-15)25-21(26)18(31-23(25)24-13)11-14-8-9-16-17(10-14)30-12-29-16/h3-11,20H,12H2,1-2H3/b18-11+/t20-/m1/s1. The number of benzene rings is 2. The molecule has 0 N–H and O–H groups in total. The predicted molar refractivity (Wildman–Crippen MR) is 115 cm³/mol. The maximum absolute atomic E-state index is 13.5. The summed E-state index contributed by atoms with van der Waals surface area (Å²) in [6, 6.07) is 14.3. The third-order valence-electron chi connectivity index (χ3n) is 5.24. The lowest BCUT2D eigenvalue weighted by molar-refractivity contribution is -0.136. The Hall–Kier alpha value is -3.65. The molecule has 0 bridgehead atoms. The summed E-state index contributed by atoms with van der Waals surface area (Å²) in [7, 11) is 1.33. The van der Waals surface area contributed by atoms with Crippen molar-refractivity contribution in [3.8, 4) is 11.5 Å². The zero-order valence-electron chi connectivity index (χ0n) is 16.8. The van der Waals surface area contributed by atoms with Gasteiger partial charge in [-0.1, -0.05) is 47.7 Å². The number of allylic oxidation sites excluding steroid dienone is 1. The first-order valence-corrected chi connectivity index (χ1v) is 10.4. The van der Waals surface area contributed by atoms with Crippen LogP contribution in [0.4, 0.5) is 0 Å². The summed E-state index contributed by atoms with van der Waals surface area (Å²) in [6.45, 7) is 1.95. The Morgan fingerprint density at radius 3 is 2.74 bits per heavy atom. The van der Waals surface area contributed by atoms with Gasteiger partial charge in [-0.2, -0.15) is 0 Å². The molecule has 7 nitrogen and oxygen atoms in total. The van der Waals surface area contributed by atoms with Crippen LogP contribution >= 0.6 is 11.3 Å². The maximum atomic E-state index is 13.5. The molecule has 2 aliphatic heterocycles. The fourth-order valence-corrected chi connectivity index (χ4v) is 4.84. The van der Waals surface area contributed by atoms with E-state index in [1.165, 1.54) is 18.4 Å². The number of esters is 1. The molecule has 0 spiro atoms. The molecule has 0 amide bonds. The van der Waals surface area contributed by atoms with Gasteiger partial charge < -0.3 is 14.2 Å². The van der Waals surface area contributed by atoms with Gasteiger partial charge in [-0.05, 0) is 36.3 Å². The van der Waals surface area contributed by atoms with E-state index in [0.29, 0.717) is 32.1 Å². The molecule has 2 aromatic carbocycles. The normalized spacial score (nSPS) is 17.4. The number of hydrogen-bond acceptors (Lipinski definition) is 7. The second-order valence-electron chi connectivity index (χ2n) is 7.10. The average Bonchev–Trinajstić information content (AvgIpc) is 3.37. The molecule has 0 fully saturated rings. The molecule has 0 unspecified atom stereocenters. The molecule has 0 radical (unpaired) electrons. The van der Waals surface area contributed by atoms with Crippen LogP contribution in [-0.4, -0.2) is 24.4 Å². The van der Waals surface area contributed by atoms with Crippen LogP contribution in [0.15, 0.2) is 69.6 Å². The van der Waals surface area contributed by atoms with Crippen molar-refractivity contribution in [2.45, 2.75) is 13.0 Å². The summed E-state index contributed by atoms with van der Waals surface area (Å²) in [5.74, 6) is 0.827. The molecule has 0 saturated carbocycles. The van der Waals surface area contributed by atoms with Crippen LogP contribution in [0.25, 0.3) is 6.08 Å². The lowest BCUT2D eigenvalue weighted by atomic mass is 9.96. The summed E-state index contributed by atoms with van der Waals surface area (Å²) < 4.78 is 17.9. The highest BCUT2D eigenvalue weighted by molar-refractivity contribution is 7.07. The Morgan fingerprint density at radius 2 is 1.97 bits per heavy atom. The molecular weight excluding hydrogens is 416 g/mol. The number of aromatic nitrogens is 1. The van der Waals surface area contributed by atoms with Crippen LogP contribution < -0.4 is 24.4 Å². The van der Waals surface area contributed by atoms with E-state index in [-0.39, 0.29) is 12.4 Å². The smallest absolute Gasteiger partial charge is 0.338 e. The average molecular weight is 434 g/mol. The monoisotopic (exact) mass is 434 g/mol. The van der Waals surface area contributed by atoms with E-state index in [1.54, 1.807) is 17.6 Å². The van der Waals surface area contributed by atoms with Gasteiger partial charge >= 0.3 is 5.97 Å². The van der Waals surface area contributed by atoms with Crippen molar-refractivity contribution in [2.75, 3.05) is 13.9 Å². The lowest BCUT2D eigenvalue weighted by Gasteiger charge is -2.24. The number of hydrogen-bond donors (Lipinski definition) is 0. The molecule has 5 rings (SSSR count). The van der Waals surface area contributed by atoms with E-state index in [4.69, 9.17) is 14.2 Å². The quantitative estimate of drug-likeness (QED) is 0.590. The van der Waals surface area contributed by atoms with Gasteiger partial charge in [-0.15, -0.1) is 0 Å². The molecule has 3 aromatic rings. The van der Waals surface area contributed by atoms with Crippen LogP contribution in [-0.2, 0) is 9.53 Å². The van der Waals surface area contributed by atoms with Crippen molar-refractivity contribution < 1.29 is 19.0 Å². The van der Waals surface area contributed by atoms with Gasteiger partial charge in [0.2, 0.25) is 6.79 Å². The van der Waals surface area contributed by atoms with Crippen LogP contribution in [0.3, 0.4) is 0 Å². The summed E-state index contributed by atoms with van der Waals surface area (Å²) in [6.07, 6.45) is 1.80. The Balaban J connectivity index is 1.71. The second-order valence-corrected chi connectivity index (χ2v) is 8.11. The van der Waals surface area contributed by atoms with Crippen LogP contribution in [0.2, 0.25) is 0 Å². The minimum Gasteiger partial charge on any atom is -0.466 e. The maximum Gasteiger partial charge on any atom is 0.338 e. The minimum atomic E-state index is -0.608. The van der Waals surface area contributed by atoms with Crippen molar-refractivity contribution in [3.63, 3.8) is 0 Å². The van der Waals surface area contributed by atoms with Gasteiger partial charge in [0.05, 0.1) is 29.0 Å². The van der Waals surface area contributed by atoms with E-state index in [1.807, 2.05) is 48.5 Å². The number of carbonyl (C=O) groups is 1. The van der Waals surface area contributed by atoms with Crippen LogP contribution in [0.1, 0.15) is 24.1 Å². The first kappa shape index (κ1) is 19.3. The summed E-state index contributed by atoms with van der Waals surface area (Å²) in [4.78, 5) is 31.1. The van der Waals surface area contributed by atoms with Gasteiger partial charge in [-0.3, -0.25) is 9.36 Å². The second kappa shape index (κ2) is 7.55. The number of rotatable bonds is 3. The van der Waals surface area contributed by atoms with E-state index in [2.05, 4.69) is 4.99 Å². The number of carbonyl (C=O) groups excluding carboxylic acids is 1. The van der Waals surface area contributed by atoms with Gasteiger partial charge in [0.1, 0.15) is 0 Å². The van der Waals surface area contributed by atoms with Crippen molar-refractivity contribution in [1.29, 1.82) is 0 Å². The highest BCUT2D eigenvalue weighted by Gasteiger charge is 2.32. The summed E-state index contributed by atoms with van der Waals surface area (Å²) in [5, 5.41) is 0. The first-order valence-electron chi connectivity index (χ1n) is 9.62. The molecule has 0 aliphatic carbocycles. The third-order valence-corrected chi connectivity index (χ3v) is 6.22. The van der Waals surface area contributed by atoms with Gasteiger partial charge in [-0.25, -0.2) is 9.79 Å². The Bertz CT molecular complexity index is 1400. The number of fused-ring (bicyclic) bond motifs is 2. The number of nitrogens with zero attached hydrogens (tertiary/aromatic N) is 2. The van der Waals surface area contributed by atoms with Crippen molar-refractivity contribution in [3.05, 3.63) is 90.6 Å². The van der Waals surface area contributed by atoms with E-state index >= 15 is 0 Å². The fourth-order valence-electron chi connectivity index (χ4n) is 3.80. The van der Waals surface area contributed by atoms with Crippen molar-refractivity contribution >= 4 is 23.4 Å². The molecule has 8 heteroatoms. The minimum absolute atomic E-state index is 0.188. The van der Waals surface area contributed by atoms with E-state index in [0.717, 1.165) is 11.1 Å². The molecule has 0 saturated heterocycles. The van der Waals surface area contributed by atoms with E-state index in [9.17, 15) is 9.59 Å². The third kappa shape index (κ3) is 3.25. The van der Waals surface area contributed by atoms with Gasteiger partial charge in [0.15, 0.2) is 16.3 Å². The number of methoxy groups -OCH3 is 1. The van der Waals surface area contributed by atoms with Crippen LogP contribution in [0.5, 0.6) is 11.5 Å². The van der Waals surface area contributed by atoms with Crippen LogP contribution in [0, 0.1) is 0 Å². The molecule has 1 aromatic heterocycles. The van der Waals surface area contributed by atoms with Gasteiger partial charge in [0.25, 0.3) is 5.56 Å². The topological polar surface area (TPSA) is 79.1 Å². The Morgan fingerprint density at radius 1 is 1.19 bits per heavy atom. The highest BCUT2D eigenvalue weighted by Crippen LogP contribution is 2.33. The Kier molecular flexibility index (Phi) is 4.71. The summed E-state index contributed by atoms with van der Waals surface area (Å²) in [5.41, 5.74) is 2.30. The molecule has 31 heavy (non-hydrogen) atoms.